The van der Waals surface area contributed by atoms with Crippen molar-refractivity contribution < 1.29 is 23.1 Å². The highest BCUT2D eigenvalue weighted by atomic mass is 32.2. The molecule has 0 fully saturated rings. The zero-order valence-corrected chi connectivity index (χ0v) is 10.9. The lowest BCUT2D eigenvalue weighted by molar-refractivity contribution is -0.137. The number of hydrogen-bond donors (Lipinski definition) is 2. The summed E-state index contributed by atoms with van der Waals surface area (Å²) in [5.41, 5.74) is 0.493. The Morgan fingerprint density at radius 1 is 1.44 bits per heavy atom. The van der Waals surface area contributed by atoms with E-state index >= 15 is 0 Å². The molecule has 0 aliphatic carbocycles. The third kappa shape index (κ3) is 4.34. The predicted octanol–water partition coefficient (Wildman–Crippen LogP) is 0.760. The number of carbonyl (C=O) groups is 1. The number of rotatable bonds is 6. The summed E-state index contributed by atoms with van der Waals surface area (Å²) in [6.45, 7) is 0. The van der Waals surface area contributed by atoms with E-state index in [1.165, 1.54) is 7.11 Å². The van der Waals surface area contributed by atoms with Crippen LogP contribution in [0.4, 0.5) is 0 Å². The highest BCUT2D eigenvalue weighted by molar-refractivity contribution is 7.88. The van der Waals surface area contributed by atoms with E-state index in [2.05, 4.69) is 4.72 Å². The molecule has 0 radical (unpaired) electrons. The molecule has 0 aliphatic rings. The molecule has 1 unspecified atom stereocenters. The molecule has 0 aliphatic heterocycles. The maximum Gasteiger partial charge on any atom is 0.305 e. The number of hydrogen-bond acceptors (Lipinski definition) is 4. The number of sulfonamides is 1. The molecule has 0 bridgehead atoms. The highest BCUT2D eigenvalue weighted by Gasteiger charge is 2.22. The molecule has 1 aromatic carbocycles. The number of benzene rings is 1. The van der Waals surface area contributed by atoms with E-state index in [-0.39, 0.29) is 6.42 Å². The van der Waals surface area contributed by atoms with E-state index < -0.39 is 22.0 Å². The Labute approximate surface area is 106 Å². The second kappa shape index (κ2) is 5.83. The lowest BCUT2D eigenvalue weighted by Gasteiger charge is -2.18. The van der Waals surface area contributed by atoms with Crippen LogP contribution in [0.1, 0.15) is 18.0 Å². The smallest absolute Gasteiger partial charge is 0.305 e. The van der Waals surface area contributed by atoms with Crippen molar-refractivity contribution in [1.29, 1.82) is 0 Å². The van der Waals surface area contributed by atoms with E-state index in [9.17, 15) is 13.2 Å². The molecule has 0 heterocycles. The summed E-state index contributed by atoms with van der Waals surface area (Å²) in [4.78, 5) is 10.8. The Morgan fingerprint density at radius 2 is 2.06 bits per heavy atom. The van der Waals surface area contributed by atoms with Crippen LogP contribution in [-0.4, -0.2) is 32.9 Å². The number of carboxylic acids is 1. The predicted molar refractivity (Wildman–Crippen MR) is 66.0 cm³/mol. The van der Waals surface area contributed by atoms with Crippen molar-refractivity contribution >= 4 is 16.0 Å². The summed E-state index contributed by atoms with van der Waals surface area (Å²) in [6, 6.07) is 5.84. The van der Waals surface area contributed by atoms with Gasteiger partial charge in [0.2, 0.25) is 10.0 Å². The minimum atomic E-state index is -3.51. The Kier molecular flexibility index (Phi) is 4.69. The Balaban J connectivity index is 3.12. The Bertz CT molecular complexity index is 526. The van der Waals surface area contributed by atoms with E-state index in [1.807, 2.05) is 0 Å². The molecule has 0 aromatic heterocycles. The number of carboxylic acid groups (broad SMARTS) is 1. The fraction of sp³-hybridized carbons (Fsp3) is 0.364. The van der Waals surface area contributed by atoms with Crippen LogP contribution in [-0.2, 0) is 14.8 Å². The normalized spacial score (nSPS) is 13.0. The number of ether oxygens (including phenoxy) is 1. The Hall–Kier alpha value is -1.60. The SMILES string of the molecule is COc1ccccc1C(CC(=O)O)NS(C)(=O)=O. The van der Waals surface area contributed by atoms with Gasteiger partial charge in [-0.3, -0.25) is 4.79 Å². The molecule has 0 amide bonds. The minimum absolute atomic E-state index is 0.354. The summed E-state index contributed by atoms with van der Waals surface area (Å²) in [5, 5.41) is 8.83. The summed E-state index contributed by atoms with van der Waals surface area (Å²) in [6.07, 6.45) is 0.630. The molecule has 0 saturated heterocycles. The molecule has 0 saturated carbocycles. The number of aliphatic carboxylic acids is 1. The summed E-state index contributed by atoms with van der Waals surface area (Å²) in [7, 11) is -2.07. The quantitative estimate of drug-likeness (QED) is 0.798. The van der Waals surface area contributed by atoms with Gasteiger partial charge in [0.15, 0.2) is 0 Å². The molecule has 0 spiro atoms. The van der Waals surface area contributed by atoms with Gasteiger partial charge in [0.05, 0.1) is 25.8 Å². The molecule has 18 heavy (non-hydrogen) atoms. The maximum atomic E-state index is 11.3. The molecule has 2 N–H and O–H groups in total. The van der Waals surface area contributed by atoms with Gasteiger partial charge in [-0.1, -0.05) is 18.2 Å². The average molecular weight is 273 g/mol. The molecule has 100 valence electrons. The van der Waals surface area contributed by atoms with Crippen LogP contribution in [0.5, 0.6) is 5.75 Å². The molecule has 7 heteroatoms. The van der Waals surface area contributed by atoms with Gasteiger partial charge in [-0.15, -0.1) is 0 Å². The number of nitrogens with one attached hydrogen (secondary N) is 1. The van der Waals surface area contributed by atoms with Crippen LogP contribution in [0.2, 0.25) is 0 Å². The van der Waals surface area contributed by atoms with Crippen molar-refractivity contribution in [1.82, 2.24) is 4.72 Å². The van der Waals surface area contributed by atoms with Gasteiger partial charge in [-0.2, -0.15) is 0 Å². The van der Waals surface area contributed by atoms with Crippen molar-refractivity contribution in [3.05, 3.63) is 29.8 Å². The lowest BCUT2D eigenvalue weighted by atomic mass is 10.0. The van der Waals surface area contributed by atoms with Crippen molar-refractivity contribution in [3.63, 3.8) is 0 Å². The lowest BCUT2D eigenvalue weighted by Crippen LogP contribution is -2.29. The topological polar surface area (TPSA) is 92.7 Å². The molecule has 1 atom stereocenters. The van der Waals surface area contributed by atoms with Gasteiger partial charge in [0, 0.05) is 5.56 Å². The Morgan fingerprint density at radius 3 is 2.56 bits per heavy atom. The van der Waals surface area contributed by atoms with Crippen LogP contribution in [0.3, 0.4) is 0 Å². The van der Waals surface area contributed by atoms with Gasteiger partial charge in [0.1, 0.15) is 5.75 Å². The van der Waals surface area contributed by atoms with Crippen LogP contribution in [0, 0.1) is 0 Å². The van der Waals surface area contributed by atoms with E-state index in [4.69, 9.17) is 9.84 Å². The third-order valence-electron chi connectivity index (χ3n) is 2.25. The zero-order chi connectivity index (χ0) is 13.8. The molecule has 6 nitrogen and oxygen atoms in total. The van der Waals surface area contributed by atoms with E-state index in [1.54, 1.807) is 24.3 Å². The van der Waals surface area contributed by atoms with Crippen LogP contribution >= 0.6 is 0 Å². The van der Waals surface area contributed by atoms with Crippen LogP contribution < -0.4 is 9.46 Å². The second-order valence-electron chi connectivity index (χ2n) is 3.78. The second-order valence-corrected chi connectivity index (χ2v) is 5.56. The summed E-state index contributed by atoms with van der Waals surface area (Å²) in [5.74, 6) is -0.651. The van der Waals surface area contributed by atoms with Crippen molar-refractivity contribution in [2.75, 3.05) is 13.4 Å². The first-order chi connectivity index (χ1) is 8.33. The van der Waals surface area contributed by atoms with Gasteiger partial charge in [0.25, 0.3) is 0 Å². The minimum Gasteiger partial charge on any atom is -0.496 e. The van der Waals surface area contributed by atoms with Crippen LogP contribution in [0.15, 0.2) is 24.3 Å². The fourth-order valence-electron chi connectivity index (χ4n) is 1.60. The van der Waals surface area contributed by atoms with Gasteiger partial charge >= 0.3 is 5.97 Å². The van der Waals surface area contributed by atoms with E-state index in [0.717, 1.165) is 6.26 Å². The van der Waals surface area contributed by atoms with Crippen molar-refractivity contribution in [3.8, 4) is 5.75 Å². The van der Waals surface area contributed by atoms with Gasteiger partial charge in [-0.05, 0) is 6.07 Å². The largest absolute Gasteiger partial charge is 0.496 e. The molecular formula is C11H15NO5S. The number of para-hydroxylation sites is 1. The monoisotopic (exact) mass is 273 g/mol. The first kappa shape index (κ1) is 14.5. The highest BCUT2D eigenvalue weighted by Crippen LogP contribution is 2.27. The van der Waals surface area contributed by atoms with E-state index in [0.29, 0.717) is 11.3 Å². The standard InChI is InChI=1S/C11H15NO5S/c1-17-10-6-4-3-5-8(10)9(7-11(13)14)12-18(2,15)16/h3-6,9,12H,7H2,1-2H3,(H,13,14). The number of methoxy groups -OCH3 is 1. The fourth-order valence-corrected chi connectivity index (χ4v) is 2.33. The first-order valence-electron chi connectivity index (χ1n) is 5.15. The van der Waals surface area contributed by atoms with Gasteiger partial charge < -0.3 is 9.84 Å². The van der Waals surface area contributed by atoms with Crippen molar-refractivity contribution in [2.24, 2.45) is 0 Å². The van der Waals surface area contributed by atoms with Crippen molar-refractivity contribution in [2.45, 2.75) is 12.5 Å². The molecule has 1 rings (SSSR count). The maximum absolute atomic E-state index is 11.3. The first-order valence-corrected chi connectivity index (χ1v) is 7.04. The summed E-state index contributed by atoms with van der Waals surface area (Å²) < 4.78 is 29.9. The third-order valence-corrected chi connectivity index (χ3v) is 2.96. The molecule has 1 aromatic rings. The zero-order valence-electron chi connectivity index (χ0n) is 10.1. The summed E-state index contributed by atoms with van der Waals surface area (Å²) >= 11 is 0. The molecular weight excluding hydrogens is 258 g/mol. The van der Waals surface area contributed by atoms with Gasteiger partial charge in [-0.25, -0.2) is 13.1 Å². The average Bonchev–Trinajstić information content (AvgIpc) is 2.25. The van der Waals surface area contributed by atoms with Crippen LogP contribution in [0.25, 0.3) is 0 Å².